The SMILES string of the molecule is CC[C@H](N)C(=O)N[C@H](C(=O)N1CCC[C@H]1C)C(C)C. The summed E-state index contributed by atoms with van der Waals surface area (Å²) in [7, 11) is 0. The Morgan fingerprint density at radius 3 is 2.47 bits per heavy atom. The Hall–Kier alpha value is -1.10. The van der Waals surface area contributed by atoms with Gasteiger partial charge in [0.2, 0.25) is 11.8 Å². The van der Waals surface area contributed by atoms with E-state index in [9.17, 15) is 9.59 Å². The first kappa shape index (κ1) is 16.0. The van der Waals surface area contributed by atoms with Crippen molar-refractivity contribution < 1.29 is 9.59 Å². The number of carbonyl (C=O) groups excluding carboxylic acids is 2. The lowest BCUT2D eigenvalue weighted by Gasteiger charge is -2.30. The molecule has 1 fully saturated rings. The van der Waals surface area contributed by atoms with Gasteiger partial charge in [-0.3, -0.25) is 9.59 Å². The standard InChI is InChI=1S/C14H27N3O2/c1-5-11(15)13(18)16-12(9(2)3)14(19)17-8-6-7-10(17)4/h9-12H,5-8,15H2,1-4H3,(H,16,18)/t10-,11+,12+/m1/s1. The number of hydrogen-bond donors (Lipinski definition) is 2. The van der Waals surface area contributed by atoms with Gasteiger partial charge >= 0.3 is 0 Å². The van der Waals surface area contributed by atoms with E-state index in [4.69, 9.17) is 5.73 Å². The molecule has 0 unspecified atom stereocenters. The fraction of sp³-hybridized carbons (Fsp3) is 0.857. The molecular weight excluding hydrogens is 242 g/mol. The van der Waals surface area contributed by atoms with Crippen LogP contribution in [0.3, 0.4) is 0 Å². The van der Waals surface area contributed by atoms with Crippen LogP contribution < -0.4 is 11.1 Å². The molecule has 2 amide bonds. The van der Waals surface area contributed by atoms with Crippen LogP contribution in [0, 0.1) is 5.92 Å². The number of nitrogens with zero attached hydrogens (tertiary/aromatic N) is 1. The van der Waals surface area contributed by atoms with Gasteiger partial charge in [-0.05, 0) is 32.1 Å². The first-order chi connectivity index (χ1) is 8.88. The van der Waals surface area contributed by atoms with E-state index in [0.717, 1.165) is 19.4 Å². The van der Waals surface area contributed by atoms with Crippen molar-refractivity contribution in [1.82, 2.24) is 10.2 Å². The monoisotopic (exact) mass is 269 g/mol. The Bertz CT molecular complexity index is 331. The van der Waals surface area contributed by atoms with Crippen molar-refractivity contribution in [3.8, 4) is 0 Å². The van der Waals surface area contributed by atoms with E-state index >= 15 is 0 Å². The number of amides is 2. The summed E-state index contributed by atoms with van der Waals surface area (Å²) in [6.07, 6.45) is 2.66. The second-order valence-corrected chi connectivity index (χ2v) is 5.77. The van der Waals surface area contributed by atoms with E-state index in [1.807, 2.05) is 25.7 Å². The van der Waals surface area contributed by atoms with Gasteiger partial charge in [0.05, 0.1) is 6.04 Å². The van der Waals surface area contributed by atoms with E-state index in [0.29, 0.717) is 6.42 Å². The highest BCUT2D eigenvalue weighted by atomic mass is 16.2. The van der Waals surface area contributed by atoms with Crippen molar-refractivity contribution in [1.29, 1.82) is 0 Å². The van der Waals surface area contributed by atoms with Crippen LogP contribution in [0.1, 0.15) is 47.0 Å². The molecule has 0 aromatic heterocycles. The molecule has 0 aliphatic carbocycles. The van der Waals surface area contributed by atoms with Crippen LogP contribution in [0.25, 0.3) is 0 Å². The lowest BCUT2D eigenvalue weighted by Crippen LogP contribution is -2.55. The summed E-state index contributed by atoms with van der Waals surface area (Å²) < 4.78 is 0. The third-order valence-electron chi connectivity index (χ3n) is 3.84. The highest BCUT2D eigenvalue weighted by Gasteiger charge is 2.33. The van der Waals surface area contributed by atoms with Crippen LogP contribution >= 0.6 is 0 Å². The topological polar surface area (TPSA) is 75.4 Å². The molecular formula is C14H27N3O2. The molecule has 3 atom stereocenters. The largest absolute Gasteiger partial charge is 0.343 e. The van der Waals surface area contributed by atoms with Crippen molar-refractivity contribution in [2.24, 2.45) is 11.7 Å². The molecule has 0 aromatic carbocycles. The first-order valence-electron chi connectivity index (χ1n) is 7.24. The molecule has 0 aromatic rings. The maximum Gasteiger partial charge on any atom is 0.245 e. The van der Waals surface area contributed by atoms with E-state index in [2.05, 4.69) is 12.2 Å². The Morgan fingerprint density at radius 2 is 2.05 bits per heavy atom. The van der Waals surface area contributed by atoms with Crippen LogP contribution in [-0.4, -0.2) is 41.4 Å². The quantitative estimate of drug-likeness (QED) is 0.778. The number of rotatable bonds is 5. The summed E-state index contributed by atoms with van der Waals surface area (Å²) in [5, 5.41) is 2.81. The Labute approximate surface area is 115 Å². The lowest BCUT2D eigenvalue weighted by atomic mass is 10.0. The highest BCUT2D eigenvalue weighted by Crippen LogP contribution is 2.19. The minimum absolute atomic E-state index is 0.0247. The van der Waals surface area contributed by atoms with Crippen LogP contribution in [0.15, 0.2) is 0 Å². The molecule has 1 heterocycles. The fourth-order valence-corrected chi connectivity index (χ4v) is 2.40. The summed E-state index contributed by atoms with van der Waals surface area (Å²) in [6.45, 7) is 8.60. The van der Waals surface area contributed by atoms with Crippen molar-refractivity contribution in [2.45, 2.75) is 65.1 Å². The van der Waals surface area contributed by atoms with Crippen molar-refractivity contribution in [2.75, 3.05) is 6.54 Å². The maximum absolute atomic E-state index is 12.5. The van der Waals surface area contributed by atoms with Gasteiger partial charge in [0.15, 0.2) is 0 Å². The Kier molecular flexibility index (Phi) is 5.79. The second kappa shape index (κ2) is 6.89. The Morgan fingerprint density at radius 1 is 1.42 bits per heavy atom. The van der Waals surface area contributed by atoms with Crippen molar-refractivity contribution >= 4 is 11.8 Å². The average molecular weight is 269 g/mol. The van der Waals surface area contributed by atoms with Gasteiger partial charge in [0.1, 0.15) is 6.04 Å². The van der Waals surface area contributed by atoms with Crippen LogP contribution in [0.2, 0.25) is 0 Å². The van der Waals surface area contributed by atoms with E-state index in [-0.39, 0.29) is 23.8 Å². The van der Waals surface area contributed by atoms with Crippen LogP contribution in [-0.2, 0) is 9.59 Å². The summed E-state index contributed by atoms with van der Waals surface area (Å²) in [4.78, 5) is 26.3. The normalized spacial score (nSPS) is 22.4. The molecule has 3 N–H and O–H groups in total. The predicted octanol–water partition coefficient (Wildman–Crippen LogP) is 0.875. The lowest BCUT2D eigenvalue weighted by molar-refractivity contribution is -0.138. The van der Waals surface area contributed by atoms with Crippen molar-refractivity contribution in [3.63, 3.8) is 0 Å². The number of nitrogens with one attached hydrogen (secondary N) is 1. The third kappa shape index (κ3) is 3.93. The minimum Gasteiger partial charge on any atom is -0.343 e. The van der Waals surface area contributed by atoms with Gasteiger partial charge in [-0.15, -0.1) is 0 Å². The zero-order valence-electron chi connectivity index (χ0n) is 12.5. The molecule has 1 saturated heterocycles. The molecule has 1 rings (SSSR count). The van der Waals surface area contributed by atoms with Gasteiger partial charge in [0, 0.05) is 12.6 Å². The first-order valence-corrected chi connectivity index (χ1v) is 7.24. The molecule has 1 aliphatic rings. The second-order valence-electron chi connectivity index (χ2n) is 5.77. The van der Waals surface area contributed by atoms with Gasteiger partial charge in [0.25, 0.3) is 0 Å². The molecule has 0 radical (unpaired) electrons. The van der Waals surface area contributed by atoms with Crippen molar-refractivity contribution in [3.05, 3.63) is 0 Å². The fourth-order valence-electron chi connectivity index (χ4n) is 2.40. The zero-order chi connectivity index (χ0) is 14.6. The van der Waals surface area contributed by atoms with Crippen LogP contribution in [0.4, 0.5) is 0 Å². The van der Waals surface area contributed by atoms with Gasteiger partial charge < -0.3 is 16.0 Å². The molecule has 0 spiro atoms. The average Bonchev–Trinajstić information content (AvgIpc) is 2.79. The molecule has 0 saturated carbocycles. The molecule has 0 bridgehead atoms. The third-order valence-corrected chi connectivity index (χ3v) is 3.84. The van der Waals surface area contributed by atoms with E-state index < -0.39 is 12.1 Å². The number of likely N-dealkylation sites (tertiary alicyclic amines) is 1. The number of carbonyl (C=O) groups is 2. The summed E-state index contributed by atoms with van der Waals surface area (Å²) in [5.74, 6) is -0.147. The zero-order valence-corrected chi connectivity index (χ0v) is 12.5. The molecule has 5 heteroatoms. The van der Waals surface area contributed by atoms with Gasteiger partial charge in [-0.2, -0.15) is 0 Å². The minimum atomic E-state index is -0.537. The Balaban J connectivity index is 2.72. The number of hydrogen-bond acceptors (Lipinski definition) is 3. The summed E-state index contributed by atoms with van der Waals surface area (Å²) in [6, 6.07) is -0.735. The van der Waals surface area contributed by atoms with Gasteiger partial charge in [-0.25, -0.2) is 0 Å². The van der Waals surface area contributed by atoms with Gasteiger partial charge in [-0.1, -0.05) is 20.8 Å². The summed E-state index contributed by atoms with van der Waals surface area (Å²) in [5.41, 5.74) is 5.71. The number of nitrogens with two attached hydrogens (primary N) is 1. The highest BCUT2D eigenvalue weighted by molar-refractivity contribution is 5.90. The molecule has 5 nitrogen and oxygen atoms in total. The molecule has 110 valence electrons. The smallest absolute Gasteiger partial charge is 0.245 e. The maximum atomic E-state index is 12.5. The predicted molar refractivity (Wildman–Crippen MR) is 75.4 cm³/mol. The van der Waals surface area contributed by atoms with Crippen LogP contribution in [0.5, 0.6) is 0 Å². The van der Waals surface area contributed by atoms with E-state index in [1.54, 1.807) is 0 Å². The van der Waals surface area contributed by atoms with E-state index in [1.165, 1.54) is 0 Å². The molecule has 1 aliphatic heterocycles. The summed E-state index contributed by atoms with van der Waals surface area (Å²) >= 11 is 0. The molecule has 19 heavy (non-hydrogen) atoms.